The molecule has 4 nitrogen and oxygen atoms in total. The second kappa shape index (κ2) is 22.8. The first-order valence-corrected chi connectivity index (χ1v) is 16.1. The van der Waals surface area contributed by atoms with E-state index in [1.165, 1.54) is 74.9 Å². The Kier molecular flexibility index (Phi) is 21.1. The molecule has 0 aromatic carbocycles. The molecule has 0 N–H and O–H groups in total. The van der Waals surface area contributed by atoms with Crippen molar-refractivity contribution in [3.63, 3.8) is 0 Å². The van der Waals surface area contributed by atoms with E-state index in [-0.39, 0.29) is 23.1 Å². The van der Waals surface area contributed by atoms with E-state index in [1.807, 2.05) is 0 Å². The number of rotatable bonds is 0. The number of hydrogen-bond donors (Lipinski definition) is 0. The summed E-state index contributed by atoms with van der Waals surface area (Å²) in [5, 5.41) is 0. The molecule has 0 aliphatic carbocycles. The molecule has 0 saturated carbocycles. The van der Waals surface area contributed by atoms with E-state index in [9.17, 15) is 19.2 Å². The lowest BCUT2D eigenvalue weighted by atomic mass is 10.1. The molecule has 0 atom stereocenters. The first-order valence-electron chi connectivity index (χ1n) is 13.8. The molecule has 0 aromatic heterocycles. The van der Waals surface area contributed by atoms with Gasteiger partial charge in [-0.25, -0.2) is 0 Å². The summed E-state index contributed by atoms with van der Waals surface area (Å²) in [4.78, 5) is 48.0. The smallest absolute Gasteiger partial charge is 0.142 e. The predicted octanol–water partition coefficient (Wildman–Crippen LogP) is 7.54. The molecule has 1 aliphatic heterocycles. The summed E-state index contributed by atoms with van der Waals surface area (Å²) in [6.45, 7) is 0. The number of carbonyl (C=O) groups is 4. The van der Waals surface area contributed by atoms with Crippen molar-refractivity contribution in [1.29, 1.82) is 0 Å². The van der Waals surface area contributed by atoms with Gasteiger partial charge in [0.25, 0.3) is 0 Å². The van der Waals surface area contributed by atoms with Crippen LogP contribution in [0.4, 0.5) is 0 Å². The Labute approximate surface area is 216 Å². The minimum atomic E-state index is 0.282. The number of thioether (sulfide) groups is 2. The second-order valence-electron chi connectivity index (χ2n) is 9.80. The zero-order valence-electron chi connectivity index (χ0n) is 21.4. The zero-order valence-corrected chi connectivity index (χ0v) is 23.1. The Balaban J connectivity index is 2.24. The summed E-state index contributed by atoms with van der Waals surface area (Å²) >= 11 is 2.98. The average molecular weight is 513 g/mol. The summed E-state index contributed by atoms with van der Waals surface area (Å²) in [5.74, 6) is 3.05. The quantitative estimate of drug-likeness (QED) is 0.334. The molecule has 1 fully saturated rings. The highest BCUT2D eigenvalue weighted by atomic mass is 32.2. The fraction of sp³-hybridized carbons (Fsp3) is 0.857. The molecule has 1 heterocycles. The largest absolute Gasteiger partial charge is 0.299 e. The van der Waals surface area contributed by atoms with Crippen LogP contribution in [-0.4, -0.2) is 46.1 Å². The van der Waals surface area contributed by atoms with Gasteiger partial charge < -0.3 is 0 Å². The van der Waals surface area contributed by atoms with Crippen molar-refractivity contribution in [1.82, 2.24) is 0 Å². The first kappa shape index (κ1) is 31.4. The highest BCUT2D eigenvalue weighted by Gasteiger charge is 2.08. The van der Waals surface area contributed by atoms with Gasteiger partial charge in [-0.1, -0.05) is 77.0 Å². The summed E-state index contributed by atoms with van der Waals surface area (Å²) in [6.07, 6.45) is 20.3. The SMILES string of the molecule is O=C1CCCCCCCCCCC(=O)CSCC(=O)CCCCCCCCCCC(=O)CSC1. The molecular formula is C28H48O4S2. The Morgan fingerprint density at radius 2 is 0.471 bits per heavy atom. The van der Waals surface area contributed by atoms with Gasteiger partial charge in [0.1, 0.15) is 23.1 Å². The Morgan fingerprint density at radius 3 is 0.676 bits per heavy atom. The van der Waals surface area contributed by atoms with Crippen molar-refractivity contribution in [2.75, 3.05) is 23.0 Å². The predicted molar refractivity (Wildman–Crippen MR) is 147 cm³/mol. The topological polar surface area (TPSA) is 68.3 Å². The van der Waals surface area contributed by atoms with Crippen LogP contribution < -0.4 is 0 Å². The fourth-order valence-electron chi connectivity index (χ4n) is 4.26. The normalized spacial score (nSPS) is 22.8. The molecular weight excluding hydrogens is 464 g/mol. The van der Waals surface area contributed by atoms with Gasteiger partial charge in [0, 0.05) is 25.7 Å². The van der Waals surface area contributed by atoms with Crippen LogP contribution in [0.15, 0.2) is 0 Å². The van der Waals surface area contributed by atoms with Gasteiger partial charge in [0.15, 0.2) is 0 Å². The highest BCUT2D eigenvalue weighted by molar-refractivity contribution is 8.00. The van der Waals surface area contributed by atoms with Crippen molar-refractivity contribution < 1.29 is 19.2 Å². The molecule has 0 unspecified atom stereocenters. The van der Waals surface area contributed by atoms with Crippen LogP contribution in [0.1, 0.15) is 128 Å². The van der Waals surface area contributed by atoms with E-state index in [4.69, 9.17) is 0 Å². The molecule has 0 amide bonds. The summed E-state index contributed by atoms with van der Waals surface area (Å²) in [6, 6.07) is 0. The van der Waals surface area contributed by atoms with Crippen LogP contribution >= 0.6 is 23.5 Å². The number of carbonyl (C=O) groups excluding carboxylic acids is 4. The molecule has 1 aliphatic rings. The van der Waals surface area contributed by atoms with Crippen molar-refractivity contribution in [3.8, 4) is 0 Å². The van der Waals surface area contributed by atoms with Crippen LogP contribution in [0.2, 0.25) is 0 Å². The van der Waals surface area contributed by atoms with Gasteiger partial charge in [0.05, 0.1) is 23.0 Å². The fourth-order valence-corrected chi connectivity index (χ4v) is 5.95. The molecule has 1 rings (SSSR count). The maximum Gasteiger partial charge on any atom is 0.142 e. The van der Waals surface area contributed by atoms with Crippen molar-refractivity contribution in [2.24, 2.45) is 0 Å². The monoisotopic (exact) mass is 512 g/mol. The van der Waals surface area contributed by atoms with E-state index in [2.05, 4.69) is 0 Å². The molecule has 34 heavy (non-hydrogen) atoms. The third kappa shape index (κ3) is 20.7. The van der Waals surface area contributed by atoms with Gasteiger partial charge in [-0.2, -0.15) is 0 Å². The third-order valence-electron chi connectivity index (χ3n) is 6.37. The molecule has 0 radical (unpaired) electrons. The zero-order chi connectivity index (χ0) is 24.7. The van der Waals surface area contributed by atoms with Crippen LogP contribution in [0.3, 0.4) is 0 Å². The maximum absolute atomic E-state index is 12.0. The lowest BCUT2D eigenvalue weighted by Gasteiger charge is -2.05. The molecule has 0 aromatic rings. The molecule has 196 valence electrons. The Bertz CT molecular complexity index is 479. The van der Waals surface area contributed by atoms with Gasteiger partial charge in [-0.15, -0.1) is 23.5 Å². The van der Waals surface area contributed by atoms with Crippen molar-refractivity contribution >= 4 is 46.7 Å². The van der Waals surface area contributed by atoms with Crippen LogP contribution in [0, 0.1) is 0 Å². The molecule has 1 saturated heterocycles. The lowest BCUT2D eigenvalue weighted by molar-refractivity contribution is -0.118. The van der Waals surface area contributed by atoms with E-state index >= 15 is 0 Å². The standard InChI is InChI=1S/C28H48O4S2/c29-25-17-13-9-5-1-2-6-10-14-18-26(30)22-34-24-28(32)20-16-12-8-4-3-7-11-15-19-27(31)23-33-21-25/h1-24H2. The van der Waals surface area contributed by atoms with E-state index in [0.29, 0.717) is 48.7 Å². The van der Waals surface area contributed by atoms with Gasteiger partial charge in [0.2, 0.25) is 0 Å². The number of ketones is 4. The van der Waals surface area contributed by atoms with E-state index < -0.39 is 0 Å². The lowest BCUT2D eigenvalue weighted by Crippen LogP contribution is -2.07. The maximum atomic E-state index is 12.0. The third-order valence-corrected chi connectivity index (χ3v) is 8.48. The van der Waals surface area contributed by atoms with Crippen LogP contribution in [-0.2, 0) is 19.2 Å². The minimum absolute atomic E-state index is 0.282. The average Bonchev–Trinajstić information content (AvgIpc) is 2.81. The van der Waals surface area contributed by atoms with Crippen molar-refractivity contribution in [2.45, 2.75) is 128 Å². The Morgan fingerprint density at radius 1 is 0.294 bits per heavy atom. The van der Waals surface area contributed by atoms with Crippen LogP contribution in [0.5, 0.6) is 0 Å². The second-order valence-corrected chi connectivity index (χ2v) is 11.8. The Hall–Kier alpha value is -0.620. The van der Waals surface area contributed by atoms with E-state index in [0.717, 1.165) is 51.4 Å². The molecule has 0 bridgehead atoms. The highest BCUT2D eigenvalue weighted by Crippen LogP contribution is 2.15. The summed E-state index contributed by atoms with van der Waals surface area (Å²) in [5.41, 5.74) is 0. The van der Waals surface area contributed by atoms with Crippen molar-refractivity contribution in [3.05, 3.63) is 0 Å². The van der Waals surface area contributed by atoms with Gasteiger partial charge in [-0.3, -0.25) is 19.2 Å². The van der Waals surface area contributed by atoms with E-state index in [1.54, 1.807) is 0 Å². The van der Waals surface area contributed by atoms with Gasteiger partial charge in [-0.05, 0) is 25.7 Å². The molecule has 6 heteroatoms. The molecule has 0 spiro atoms. The number of Topliss-reactive ketones (excluding diaryl/α,β-unsaturated/α-hetero) is 4. The van der Waals surface area contributed by atoms with Gasteiger partial charge >= 0.3 is 0 Å². The number of hydrogen-bond acceptors (Lipinski definition) is 6. The minimum Gasteiger partial charge on any atom is -0.299 e. The first-order chi connectivity index (χ1) is 16.6. The summed E-state index contributed by atoms with van der Waals surface area (Å²) in [7, 11) is 0. The van der Waals surface area contributed by atoms with Crippen LogP contribution in [0.25, 0.3) is 0 Å². The summed E-state index contributed by atoms with van der Waals surface area (Å²) < 4.78 is 0.